The van der Waals surface area contributed by atoms with E-state index in [0.29, 0.717) is 29.7 Å². The fourth-order valence-electron chi connectivity index (χ4n) is 5.35. The van der Waals surface area contributed by atoms with Crippen molar-refractivity contribution in [2.24, 2.45) is 0 Å². The van der Waals surface area contributed by atoms with Gasteiger partial charge in [-0.3, -0.25) is 13.9 Å². The van der Waals surface area contributed by atoms with Crippen molar-refractivity contribution < 1.29 is 32.2 Å². The maximum absolute atomic E-state index is 14.7. The molecule has 0 aromatic heterocycles. The number of hydrogen-bond acceptors (Lipinski definition) is 7. The monoisotopic (exact) mass is 721 g/mol. The van der Waals surface area contributed by atoms with Gasteiger partial charge >= 0.3 is 0 Å². The number of anilines is 1. The van der Waals surface area contributed by atoms with Crippen molar-refractivity contribution in [2.45, 2.75) is 50.6 Å². The molecular weight excluding hydrogens is 678 g/mol. The highest BCUT2D eigenvalue weighted by molar-refractivity contribution is 7.92. The lowest BCUT2D eigenvalue weighted by Crippen LogP contribution is -2.53. The summed E-state index contributed by atoms with van der Waals surface area (Å²) in [6.07, 6.45) is 1.86. The molecule has 50 heavy (non-hydrogen) atoms. The SMILES string of the molecule is CCCCNC(=O)[C@@H](Cc1ccccc1)N(Cc1ccc(Cl)cc1)C(=O)CN(c1ccc(OCC)cc1)S(=O)(=O)c1ccc(OC)c(OC)c1. The van der Waals surface area contributed by atoms with E-state index < -0.39 is 28.5 Å². The first-order valence-electron chi connectivity index (χ1n) is 16.4. The van der Waals surface area contributed by atoms with Crippen molar-refractivity contribution in [1.82, 2.24) is 10.2 Å². The number of sulfonamides is 1. The van der Waals surface area contributed by atoms with Crippen LogP contribution in [0.4, 0.5) is 5.69 Å². The fourth-order valence-corrected chi connectivity index (χ4v) is 6.91. The number of hydrogen-bond donors (Lipinski definition) is 1. The molecule has 0 saturated carbocycles. The molecule has 4 aromatic rings. The Kier molecular flexibility index (Phi) is 13.9. The summed E-state index contributed by atoms with van der Waals surface area (Å²) >= 11 is 6.17. The van der Waals surface area contributed by atoms with Crippen molar-refractivity contribution in [3.8, 4) is 17.2 Å². The van der Waals surface area contributed by atoms with Gasteiger partial charge in [-0.15, -0.1) is 0 Å². The molecule has 0 saturated heterocycles. The van der Waals surface area contributed by atoms with Crippen molar-refractivity contribution in [1.29, 1.82) is 0 Å². The molecule has 0 aliphatic rings. The van der Waals surface area contributed by atoms with Gasteiger partial charge in [0.15, 0.2) is 11.5 Å². The number of nitrogens with one attached hydrogen (secondary N) is 1. The Hall–Kier alpha value is -4.74. The summed E-state index contributed by atoms with van der Waals surface area (Å²) in [6.45, 7) is 4.16. The van der Waals surface area contributed by atoms with E-state index >= 15 is 0 Å². The minimum Gasteiger partial charge on any atom is -0.494 e. The lowest BCUT2D eigenvalue weighted by Gasteiger charge is -2.34. The first-order valence-corrected chi connectivity index (χ1v) is 18.3. The van der Waals surface area contributed by atoms with E-state index in [-0.39, 0.29) is 35.2 Å². The minimum atomic E-state index is -4.37. The average Bonchev–Trinajstić information content (AvgIpc) is 3.13. The summed E-state index contributed by atoms with van der Waals surface area (Å²) < 4.78 is 46.3. The number of rotatable bonds is 18. The normalized spacial score (nSPS) is 11.7. The molecule has 266 valence electrons. The lowest BCUT2D eigenvalue weighted by atomic mass is 10.0. The summed E-state index contributed by atoms with van der Waals surface area (Å²) in [7, 11) is -1.51. The Morgan fingerprint density at radius 3 is 2.14 bits per heavy atom. The van der Waals surface area contributed by atoms with Crippen molar-refractivity contribution in [2.75, 3.05) is 38.2 Å². The quantitative estimate of drug-likeness (QED) is 0.117. The van der Waals surface area contributed by atoms with Gasteiger partial charge in [0, 0.05) is 30.6 Å². The molecule has 1 atom stereocenters. The smallest absolute Gasteiger partial charge is 0.264 e. The summed E-state index contributed by atoms with van der Waals surface area (Å²) in [5.74, 6) is 0.191. The summed E-state index contributed by atoms with van der Waals surface area (Å²) in [5.41, 5.74) is 1.80. The summed E-state index contributed by atoms with van der Waals surface area (Å²) in [5, 5.41) is 3.51. The molecule has 0 unspecified atom stereocenters. The van der Waals surface area contributed by atoms with E-state index in [1.165, 1.54) is 37.3 Å². The van der Waals surface area contributed by atoms with Crippen LogP contribution in [0.3, 0.4) is 0 Å². The predicted molar refractivity (Wildman–Crippen MR) is 196 cm³/mol. The predicted octanol–water partition coefficient (Wildman–Crippen LogP) is 6.51. The third-order valence-corrected chi connectivity index (χ3v) is 10.0. The van der Waals surface area contributed by atoms with Crippen LogP contribution in [0.1, 0.15) is 37.8 Å². The number of halogens is 1. The molecule has 12 heteroatoms. The highest BCUT2D eigenvalue weighted by Crippen LogP contribution is 2.33. The van der Waals surface area contributed by atoms with Crippen LogP contribution in [-0.2, 0) is 32.6 Å². The Balaban J connectivity index is 1.82. The molecule has 0 spiro atoms. The Bertz CT molecular complexity index is 1800. The van der Waals surface area contributed by atoms with E-state index in [2.05, 4.69) is 5.32 Å². The zero-order valence-corrected chi connectivity index (χ0v) is 30.4. The molecule has 10 nitrogen and oxygen atoms in total. The number of carbonyl (C=O) groups is 2. The van der Waals surface area contributed by atoms with Gasteiger partial charge in [0.05, 0.1) is 31.4 Å². The Morgan fingerprint density at radius 2 is 1.52 bits per heavy atom. The van der Waals surface area contributed by atoms with Gasteiger partial charge in [-0.05, 0) is 73.0 Å². The van der Waals surface area contributed by atoms with Crippen molar-refractivity contribution >= 4 is 39.1 Å². The molecule has 1 N–H and O–H groups in total. The standard InChI is InChI=1S/C38H44ClN3O7S/c1-5-7-23-40-38(44)34(24-28-11-9-8-10-12-28)41(26-29-13-15-30(39)16-14-29)37(43)27-42(31-17-19-32(20-18-31)49-6-2)50(45,46)33-21-22-35(47-3)36(25-33)48-4/h8-22,25,34H,5-7,23-24,26-27H2,1-4H3,(H,40,44)/t34-/m1/s1. The molecule has 2 amide bonds. The zero-order valence-electron chi connectivity index (χ0n) is 28.8. The average molecular weight is 722 g/mol. The Morgan fingerprint density at radius 1 is 0.840 bits per heavy atom. The molecular formula is C38H44ClN3O7S. The van der Waals surface area contributed by atoms with Crippen LogP contribution in [-0.4, -0.2) is 65.1 Å². The number of benzene rings is 4. The molecule has 4 rings (SSSR count). The molecule has 0 bridgehead atoms. The third-order valence-electron chi connectivity index (χ3n) is 8.02. The van der Waals surface area contributed by atoms with Gasteiger partial charge in [0.25, 0.3) is 10.0 Å². The van der Waals surface area contributed by atoms with Gasteiger partial charge in [0.2, 0.25) is 11.8 Å². The topological polar surface area (TPSA) is 114 Å². The van der Waals surface area contributed by atoms with Crippen LogP contribution in [0.2, 0.25) is 5.02 Å². The number of ether oxygens (including phenoxy) is 3. The first kappa shape index (κ1) is 38.1. The van der Waals surface area contributed by atoms with Crippen molar-refractivity contribution in [3.05, 3.63) is 113 Å². The maximum atomic E-state index is 14.7. The molecule has 0 radical (unpaired) electrons. The van der Waals surface area contributed by atoms with Gasteiger partial charge < -0.3 is 24.4 Å². The van der Waals surface area contributed by atoms with E-state index in [1.807, 2.05) is 44.2 Å². The zero-order chi connectivity index (χ0) is 36.1. The van der Waals surface area contributed by atoms with Gasteiger partial charge in [-0.25, -0.2) is 8.42 Å². The molecule has 4 aromatic carbocycles. The fraction of sp³-hybridized carbons (Fsp3) is 0.316. The summed E-state index contributed by atoms with van der Waals surface area (Å²) in [6, 6.07) is 26.1. The first-order chi connectivity index (χ1) is 24.1. The second kappa shape index (κ2) is 18.3. The molecule has 0 aliphatic carbocycles. The number of amides is 2. The molecule has 0 heterocycles. The largest absolute Gasteiger partial charge is 0.494 e. The number of nitrogens with zero attached hydrogens (tertiary/aromatic N) is 2. The third kappa shape index (κ3) is 9.92. The molecule has 0 fully saturated rings. The number of carbonyl (C=O) groups excluding carboxylic acids is 2. The number of unbranched alkanes of at least 4 members (excludes halogenated alkanes) is 1. The van der Waals surface area contributed by atoms with Gasteiger partial charge in [-0.2, -0.15) is 0 Å². The van der Waals surface area contributed by atoms with Gasteiger partial charge in [-0.1, -0.05) is 67.4 Å². The van der Waals surface area contributed by atoms with Crippen LogP contribution < -0.4 is 23.8 Å². The van der Waals surface area contributed by atoms with Crippen LogP contribution in [0, 0.1) is 0 Å². The van der Waals surface area contributed by atoms with Gasteiger partial charge in [0.1, 0.15) is 18.3 Å². The van der Waals surface area contributed by atoms with Crippen LogP contribution in [0.25, 0.3) is 0 Å². The highest BCUT2D eigenvalue weighted by atomic mass is 35.5. The lowest BCUT2D eigenvalue weighted by molar-refractivity contribution is -0.140. The van der Waals surface area contributed by atoms with E-state index in [9.17, 15) is 18.0 Å². The number of methoxy groups -OCH3 is 2. The van der Waals surface area contributed by atoms with Crippen LogP contribution in [0.5, 0.6) is 17.2 Å². The summed E-state index contributed by atoms with van der Waals surface area (Å²) in [4.78, 5) is 29.9. The maximum Gasteiger partial charge on any atom is 0.264 e. The second-order valence-corrected chi connectivity index (χ2v) is 13.8. The van der Waals surface area contributed by atoms with Crippen molar-refractivity contribution in [3.63, 3.8) is 0 Å². The molecule has 0 aliphatic heterocycles. The Labute approximate surface area is 300 Å². The highest BCUT2D eigenvalue weighted by Gasteiger charge is 2.35. The van der Waals surface area contributed by atoms with E-state index in [0.717, 1.165) is 28.3 Å². The van der Waals surface area contributed by atoms with E-state index in [1.54, 1.807) is 48.5 Å². The van der Waals surface area contributed by atoms with Crippen LogP contribution >= 0.6 is 11.6 Å². The minimum absolute atomic E-state index is 0.0300. The van der Waals surface area contributed by atoms with Crippen LogP contribution in [0.15, 0.2) is 102 Å². The second-order valence-electron chi connectivity index (χ2n) is 11.5. The van der Waals surface area contributed by atoms with E-state index in [4.69, 9.17) is 25.8 Å².